The van der Waals surface area contributed by atoms with Crippen LogP contribution < -0.4 is 11.1 Å². The average molecular weight is 399 g/mol. The molecule has 0 atom stereocenters. The Balaban J connectivity index is 0.00000220. The third-order valence-electron chi connectivity index (χ3n) is 2.78. The van der Waals surface area contributed by atoms with Crippen molar-refractivity contribution in [1.29, 1.82) is 0 Å². The molecule has 0 aliphatic heterocycles. The Kier molecular flexibility index (Phi) is 7.21. The SMILES string of the molecule is CC(C)NC(N)=NCc1cccc(Cn2ccnc2)c1.I. The molecule has 0 saturated carbocycles. The van der Waals surface area contributed by atoms with E-state index in [0.717, 1.165) is 12.1 Å². The van der Waals surface area contributed by atoms with Crippen molar-refractivity contribution in [3.8, 4) is 0 Å². The van der Waals surface area contributed by atoms with E-state index in [9.17, 15) is 0 Å². The van der Waals surface area contributed by atoms with Crippen LogP contribution >= 0.6 is 24.0 Å². The highest BCUT2D eigenvalue weighted by Crippen LogP contribution is 2.08. The van der Waals surface area contributed by atoms with E-state index in [1.165, 1.54) is 5.56 Å². The molecule has 0 fully saturated rings. The van der Waals surface area contributed by atoms with Crippen LogP contribution in [0.4, 0.5) is 0 Å². The number of nitrogens with one attached hydrogen (secondary N) is 1. The predicted octanol–water partition coefficient (Wildman–Crippen LogP) is 2.36. The number of halogens is 1. The summed E-state index contributed by atoms with van der Waals surface area (Å²) >= 11 is 0. The van der Waals surface area contributed by atoms with Crippen molar-refractivity contribution in [3.63, 3.8) is 0 Å². The molecule has 2 aromatic rings. The second-order valence-electron chi connectivity index (χ2n) is 5.06. The average Bonchev–Trinajstić information content (AvgIpc) is 2.89. The van der Waals surface area contributed by atoms with E-state index in [0.29, 0.717) is 18.5 Å². The maximum Gasteiger partial charge on any atom is 0.189 e. The Bertz CT molecular complexity index is 563. The van der Waals surface area contributed by atoms with E-state index in [1.54, 1.807) is 6.20 Å². The van der Waals surface area contributed by atoms with Crippen LogP contribution in [0.3, 0.4) is 0 Å². The zero-order valence-electron chi connectivity index (χ0n) is 12.4. The lowest BCUT2D eigenvalue weighted by Gasteiger charge is -2.09. The molecule has 0 unspecified atom stereocenters. The van der Waals surface area contributed by atoms with Crippen molar-refractivity contribution in [2.24, 2.45) is 10.7 Å². The normalized spacial score (nSPS) is 11.3. The van der Waals surface area contributed by atoms with Gasteiger partial charge in [0.15, 0.2) is 5.96 Å². The number of nitrogens with zero attached hydrogens (tertiary/aromatic N) is 3. The third-order valence-corrected chi connectivity index (χ3v) is 2.78. The van der Waals surface area contributed by atoms with Crippen molar-refractivity contribution in [2.75, 3.05) is 0 Å². The molecule has 1 aromatic carbocycles. The summed E-state index contributed by atoms with van der Waals surface area (Å²) in [4.78, 5) is 8.38. The molecular weight excluding hydrogens is 377 g/mol. The molecule has 5 nitrogen and oxygen atoms in total. The van der Waals surface area contributed by atoms with Crippen LogP contribution in [0.1, 0.15) is 25.0 Å². The molecular formula is C15H22IN5. The summed E-state index contributed by atoms with van der Waals surface area (Å²) in [7, 11) is 0. The van der Waals surface area contributed by atoms with E-state index >= 15 is 0 Å². The van der Waals surface area contributed by atoms with Crippen molar-refractivity contribution in [3.05, 3.63) is 54.1 Å². The third kappa shape index (κ3) is 6.16. The minimum absolute atomic E-state index is 0. The van der Waals surface area contributed by atoms with Crippen molar-refractivity contribution < 1.29 is 0 Å². The summed E-state index contributed by atoms with van der Waals surface area (Å²) in [6.07, 6.45) is 5.55. The molecule has 2 rings (SSSR count). The van der Waals surface area contributed by atoms with Gasteiger partial charge in [0.05, 0.1) is 12.9 Å². The molecule has 1 aromatic heterocycles. The molecule has 21 heavy (non-hydrogen) atoms. The van der Waals surface area contributed by atoms with Gasteiger partial charge >= 0.3 is 0 Å². The van der Waals surface area contributed by atoms with Crippen LogP contribution in [0.15, 0.2) is 48.0 Å². The van der Waals surface area contributed by atoms with Gasteiger partial charge in [-0.2, -0.15) is 0 Å². The predicted molar refractivity (Wildman–Crippen MR) is 96.8 cm³/mol. The molecule has 0 bridgehead atoms. The summed E-state index contributed by atoms with van der Waals surface area (Å²) < 4.78 is 2.04. The van der Waals surface area contributed by atoms with Crippen LogP contribution in [0, 0.1) is 0 Å². The number of aliphatic imine (C=N–C) groups is 1. The first-order valence-electron chi connectivity index (χ1n) is 6.73. The van der Waals surface area contributed by atoms with Gasteiger partial charge in [-0.15, -0.1) is 24.0 Å². The largest absolute Gasteiger partial charge is 0.370 e. The maximum atomic E-state index is 5.80. The number of benzene rings is 1. The van der Waals surface area contributed by atoms with Crippen molar-refractivity contribution in [2.45, 2.75) is 33.0 Å². The molecule has 0 radical (unpaired) electrons. The van der Waals surface area contributed by atoms with Gasteiger partial charge in [-0.1, -0.05) is 24.3 Å². The van der Waals surface area contributed by atoms with Gasteiger partial charge in [-0.05, 0) is 25.0 Å². The summed E-state index contributed by atoms with van der Waals surface area (Å²) in [5, 5.41) is 3.08. The van der Waals surface area contributed by atoms with Gasteiger partial charge in [0.2, 0.25) is 0 Å². The van der Waals surface area contributed by atoms with Gasteiger partial charge in [0.1, 0.15) is 0 Å². The minimum atomic E-state index is 0. The minimum Gasteiger partial charge on any atom is -0.370 e. The number of hydrogen-bond donors (Lipinski definition) is 2. The van der Waals surface area contributed by atoms with Crippen LogP contribution in [-0.2, 0) is 13.1 Å². The zero-order chi connectivity index (χ0) is 14.4. The first kappa shape index (κ1) is 17.5. The van der Waals surface area contributed by atoms with Gasteiger partial charge in [-0.25, -0.2) is 9.98 Å². The first-order chi connectivity index (χ1) is 9.63. The number of guanidine groups is 1. The highest BCUT2D eigenvalue weighted by atomic mass is 127. The van der Waals surface area contributed by atoms with E-state index in [-0.39, 0.29) is 24.0 Å². The zero-order valence-corrected chi connectivity index (χ0v) is 14.7. The fourth-order valence-electron chi connectivity index (χ4n) is 1.94. The number of aromatic nitrogens is 2. The monoisotopic (exact) mass is 399 g/mol. The second-order valence-corrected chi connectivity index (χ2v) is 5.06. The molecule has 0 aliphatic carbocycles. The summed E-state index contributed by atoms with van der Waals surface area (Å²) in [5.74, 6) is 0.486. The molecule has 0 saturated heterocycles. The van der Waals surface area contributed by atoms with E-state index in [4.69, 9.17) is 5.73 Å². The quantitative estimate of drug-likeness (QED) is 0.461. The van der Waals surface area contributed by atoms with Crippen molar-refractivity contribution >= 4 is 29.9 Å². The Morgan fingerprint density at radius 3 is 2.81 bits per heavy atom. The lowest BCUT2D eigenvalue weighted by Crippen LogP contribution is -2.36. The number of imidazole rings is 1. The molecule has 6 heteroatoms. The molecule has 114 valence electrons. The van der Waals surface area contributed by atoms with Gasteiger partial charge in [0.25, 0.3) is 0 Å². The van der Waals surface area contributed by atoms with E-state index in [2.05, 4.69) is 33.5 Å². The van der Waals surface area contributed by atoms with Gasteiger partial charge in [-0.3, -0.25) is 0 Å². The lowest BCUT2D eigenvalue weighted by molar-refractivity contribution is 0.723. The van der Waals surface area contributed by atoms with Crippen LogP contribution in [0.25, 0.3) is 0 Å². The molecule has 1 heterocycles. The second kappa shape index (κ2) is 8.66. The highest BCUT2D eigenvalue weighted by molar-refractivity contribution is 14.0. The molecule has 0 spiro atoms. The Labute approximate surface area is 142 Å². The summed E-state index contributed by atoms with van der Waals surface area (Å²) in [6.45, 7) is 5.48. The van der Waals surface area contributed by atoms with Gasteiger partial charge in [0, 0.05) is 25.0 Å². The molecule has 0 amide bonds. The van der Waals surface area contributed by atoms with Crippen molar-refractivity contribution in [1.82, 2.24) is 14.9 Å². The van der Waals surface area contributed by atoms with Crippen LogP contribution in [0.2, 0.25) is 0 Å². The molecule has 0 aliphatic rings. The Hall–Kier alpha value is -1.57. The fourth-order valence-corrected chi connectivity index (χ4v) is 1.94. The maximum absolute atomic E-state index is 5.80. The number of rotatable bonds is 5. The number of nitrogens with two attached hydrogens (primary N) is 1. The standard InChI is InChI=1S/C15H21N5.HI/c1-12(2)19-15(16)18-9-13-4-3-5-14(8-13)10-20-7-6-17-11-20;/h3-8,11-12H,9-10H2,1-2H3,(H3,16,18,19);1H. The van der Waals surface area contributed by atoms with Crippen LogP contribution in [-0.4, -0.2) is 21.6 Å². The summed E-state index contributed by atoms with van der Waals surface area (Å²) in [6, 6.07) is 8.65. The fraction of sp³-hybridized carbons (Fsp3) is 0.333. The van der Waals surface area contributed by atoms with Gasteiger partial charge < -0.3 is 15.6 Å². The smallest absolute Gasteiger partial charge is 0.189 e. The Morgan fingerprint density at radius 1 is 1.38 bits per heavy atom. The highest BCUT2D eigenvalue weighted by Gasteiger charge is 1.99. The first-order valence-corrected chi connectivity index (χ1v) is 6.73. The summed E-state index contributed by atoms with van der Waals surface area (Å²) in [5.41, 5.74) is 8.17. The topological polar surface area (TPSA) is 68.2 Å². The number of hydrogen-bond acceptors (Lipinski definition) is 2. The van der Waals surface area contributed by atoms with Crippen LogP contribution in [0.5, 0.6) is 0 Å². The molecule has 3 N–H and O–H groups in total. The Morgan fingerprint density at radius 2 is 2.14 bits per heavy atom. The lowest BCUT2D eigenvalue weighted by atomic mass is 10.1. The van der Waals surface area contributed by atoms with E-state index in [1.807, 2.05) is 37.0 Å². The van der Waals surface area contributed by atoms with E-state index < -0.39 is 0 Å².